The highest BCUT2D eigenvalue weighted by Crippen LogP contribution is 2.38. The molecule has 4 N–H and O–H groups in total. The summed E-state index contributed by atoms with van der Waals surface area (Å²) in [5.74, 6) is 1.93. The van der Waals surface area contributed by atoms with Gasteiger partial charge in [0.15, 0.2) is 11.5 Å². The van der Waals surface area contributed by atoms with Gasteiger partial charge in [0.1, 0.15) is 24.6 Å². The SMILES string of the molecule is COc1ccccc1CCN(C(=O)CO[C@H]1C[C@@H](C)CC[C@@H]1C(C)C)[C@@H]1CC(C(=O)NCCO)=C[C@H](Oc2c(I)cc(CO)cc2OC)[C@H]1O. The highest BCUT2D eigenvalue weighted by molar-refractivity contribution is 14.1. The van der Waals surface area contributed by atoms with Gasteiger partial charge in [-0.05, 0) is 95.0 Å². The average Bonchev–Trinajstić information content (AvgIpc) is 3.11. The third-order valence-corrected chi connectivity index (χ3v) is 10.7. The Morgan fingerprint density at radius 1 is 1.08 bits per heavy atom. The molecule has 276 valence electrons. The van der Waals surface area contributed by atoms with Crippen LogP contribution in [0.2, 0.25) is 0 Å². The second-order valence-corrected chi connectivity index (χ2v) is 14.8. The van der Waals surface area contributed by atoms with Crippen LogP contribution < -0.4 is 19.5 Å². The Morgan fingerprint density at radius 2 is 1.82 bits per heavy atom. The van der Waals surface area contributed by atoms with Gasteiger partial charge in [-0.3, -0.25) is 9.59 Å². The predicted molar refractivity (Wildman–Crippen MR) is 198 cm³/mol. The Morgan fingerprint density at radius 3 is 2.50 bits per heavy atom. The van der Waals surface area contributed by atoms with Gasteiger partial charge in [-0.2, -0.15) is 0 Å². The topological polar surface area (TPSA) is 147 Å². The molecule has 0 bridgehead atoms. The Hall–Kier alpha value is -2.91. The molecule has 0 heterocycles. The van der Waals surface area contributed by atoms with Gasteiger partial charge >= 0.3 is 0 Å². The molecule has 1 saturated carbocycles. The second-order valence-electron chi connectivity index (χ2n) is 13.6. The Bertz CT molecular complexity index is 1470. The van der Waals surface area contributed by atoms with Gasteiger partial charge < -0.3 is 44.5 Å². The summed E-state index contributed by atoms with van der Waals surface area (Å²) in [5.41, 5.74) is 1.84. The van der Waals surface area contributed by atoms with E-state index in [0.29, 0.717) is 56.1 Å². The molecule has 0 aromatic heterocycles. The van der Waals surface area contributed by atoms with Crippen LogP contribution in [0.5, 0.6) is 17.2 Å². The van der Waals surface area contributed by atoms with E-state index in [2.05, 4.69) is 48.7 Å². The van der Waals surface area contributed by atoms with Crippen molar-refractivity contribution in [1.29, 1.82) is 0 Å². The van der Waals surface area contributed by atoms with Crippen molar-refractivity contribution in [2.75, 3.05) is 40.5 Å². The highest BCUT2D eigenvalue weighted by Gasteiger charge is 2.41. The van der Waals surface area contributed by atoms with Crippen LogP contribution in [0.1, 0.15) is 57.6 Å². The normalized spacial score (nSPS) is 23.6. The minimum Gasteiger partial charge on any atom is -0.496 e. The number of benzene rings is 2. The van der Waals surface area contributed by atoms with Crippen LogP contribution in [0, 0.1) is 21.3 Å². The fraction of sp³-hybridized carbons (Fsp3) is 0.579. The van der Waals surface area contributed by atoms with Crippen molar-refractivity contribution in [1.82, 2.24) is 10.2 Å². The van der Waals surface area contributed by atoms with E-state index in [1.807, 2.05) is 24.3 Å². The number of methoxy groups -OCH3 is 2. The van der Waals surface area contributed by atoms with Crippen molar-refractivity contribution in [2.24, 2.45) is 17.8 Å². The average molecular weight is 809 g/mol. The number of hydrogen-bond acceptors (Lipinski definition) is 9. The minimum atomic E-state index is -1.23. The molecule has 0 aliphatic heterocycles. The van der Waals surface area contributed by atoms with E-state index < -0.39 is 24.2 Å². The van der Waals surface area contributed by atoms with Crippen molar-refractivity contribution in [2.45, 2.75) is 83.8 Å². The van der Waals surface area contributed by atoms with Gasteiger partial charge in [0.05, 0.1) is 43.1 Å². The molecule has 4 rings (SSSR count). The Balaban J connectivity index is 1.69. The first-order chi connectivity index (χ1) is 24.0. The molecular formula is C38H53IN2O9. The minimum absolute atomic E-state index is 0.0460. The van der Waals surface area contributed by atoms with Crippen LogP contribution in [0.4, 0.5) is 0 Å². The lowest BCUT2D eigenvalue weighted by atomic mass is 9.75. The van der Waals surface area contributed by atoms with Crippen LogP contribution in [0.15, 0.2) is 48.0 Å². The van der Waals surface area contributed by atoms with E-state index in [4.69, 9.17) is 18.9 Å². The molecule has 50 heavy (non-hydrogen) atoms. The van der Waals surface area contributed by atoms with Crippen LogP contribution in [-0.4, -0.2) is 96.9 Å². The quantitative estimate of drug-likeness (QED) is 0.183. The van der Waals surface area contributed by atoms with Crippen molar-refractivity contribution in [3.63, 3.8) is 0 Å². The first-order valence-electron chi connectivity index (χ1n) is 17.5. The molecule has 0 radical (unpaired) electrons. The molecule has 2 aliphatic rings. The third kappa shape index (κ3) is 10.1. The lowest BCUT2D eigenvalue weighted by Crippen LogP contribution is -2.56. The number of halogens is 1. The second kappa shape index (κ2) is 19.1. The molecule has 0 unspecified atom stereocenters. The first kappa shape index (κ1) is 39.9. The summed E-state index contributed by atoms with van der Waals surface area (Å²) >= 11 is 2.08. The van der Waals surface area contributed by atoms with Crippen LogP contribution >= 0.6 is 22.6 Å². The van der Waals surface area contributed by atoms with Gasteiger partial charge in [-0.15, -0.1) is 0 Å². The fourth-order valence-electron chi connectivity index (χ4n) is 7.09. The maximum atomic E-state index is 14.3. The zero-order valence-electron chi connectivity index (χ0n) is 29.8. The molecule has 0 saturated heterocycles. The first-order valence-corrected chi connectivity index (χ1v) is 18.5. The maximum absolute atomic E-state index is 14.3. The number of amides is 2. The number of nitrogens with one attached hydrogen (secondary N) is 1. The van der Waals surface area contributed by atoms with E-state index in [1.165, 1.54) is 7.11 Å². The fourth-order valence-corrected chi connectivity index (χ4v) is 7.88. The van der Waals surface area contributed by atoms with Crippen LogP contribution in [0.3, 0.4) is 0 Å². The summed E-state index contributed by atoms with van der Waals surface area (Å²) in [6.45, 7) is 6.28. The largest absolute Gasteiger partial charge is 0.496 e. The highest BCUT2D eigenvalue weighted by atomic mass is 127. The Labute approximate surface area is 309 Å². The van der Waals surface area contributed by atoms with Gasteiger partial charge in [0, 0.05) is 25.1 Å². The summed E-state index contributed by atoms with van der Waals surface area (Å²) in [4.78, 5) is 29.3. The number of rotatable bonds is 16. The zero-order chi connectivity index (χ0) is 36.4. The molecule has 11 nitrogen and oxygen atoms in total. The maximum Gasteiger partial charge on any atom is 0.248 e. The molecule has 12 heteroatoms. The number of ether oxygens (including phenoxy) is 4. The summed E-state index contributed by atoms with van der Waals surface area (Å²) in [5, 5.41) is 33.9. The molecule has 2 aliphatic carbocycles. The lowest BCUT2D eigenvalue weighted by Gasteiger charge is -2.41. The number of nitrogens with zero attached hydrogens (tertiary/aromatic N) is 1. The van der Waals surface area contributed by atoms with E-state index in [0.717, 1.165) is 24.8 Å². The van der Waals surface area contributed by atoms with Crippen LogP contribution in [0.25, 0.3) is 0 Å². The molecule has 2 aromatic rings. The van der Waals surface area contributed by atoms with Gasteiger partial charge in [0.2, 0.25) is 11.8 Å². The Kier molecular flexibility index (Phi) is 15.2. The summed E-state index contributed by atoms with van der Waals surface area (Å²) in [7, 11) is 3.09. The van der Waals surface area contributed by atoms with Crippen molar-refractivity contribution in [3.05, 3.63) is 62.7 Å². The van der Waals surface area contributed by atoms with Crippen LogP contribution in [-0.2, 0) is 27.4 Å². The van der Waals surface area contributed by atoms with Crippen molar-refractivity contribution >= 4 is 34.4 Å². The number of para-hydroxylation sites is 1. The zero-order valence-corrected chi connectivity index (χ0v) is 31.9. The van der Waals surface area contributed by atoms with Crippen molar-refractivity contribution in [3.8, 4) is 17.2 Å². The van der Waals surface area contributed by atoms with E-state index in [-0.39, 0.29) is 51.3 Å². The summed E-state index contributed by atoms with van der Waals surface area (Å²) in [6, 6.07) is 10.1. The molecule has 0 spiro atoms. The van der Waals surface area contributed by atoms with Gasteiger partial charge in [-0.1, -0.05) is 45.4 Å². The predicted octanol–water partition coefficient (Wildman–Crippen LogP) is 4.26. The number of aliphatic hydroxyl groups excluding tert-OH is 3. The monoisotopic (exact) mass is 808 g/mol. The number of carbonyl (C=O) groups excluding carboxylic acids is 2. The van der Waals surface area contributed by atoms with E-state index in [1.54, 1.807) is 30.2 Å². The molecule has 2 aromatic carbocycles. The number of hydrogen-bond donors (Lipinski definition) is 4. The molecular weight excluding hydrogens is 755 g/mol. The number of aliphatic hydroxyl groups is 3. The smallest absolute Gasteiger partial charge is 0.248 e. The number of carbonyl (C=O) groups is 2. The van der Waals surface area contributed by atoms with Crippen molar-refractivity contribution < 1.29 is 43.9 Å². The van der Waals surface area contributed by atoms with Gasteiger partial charge in [-0.25, -0.2) is 0 Å². The summed E-state index contributed by atoms with van der Waals surface area (Å²) in [6.07, 6.45) is 2.80. The van der Waals surface area contributed by atoms with E-state index >= 15 is 0 Å². The standard InChI is InChI=1S/C38H53IN2O9/c1-23(2)28-11-10-24(3)16-32(28)49-22-35(44)41(14-12-26-8-6-7-9-31(26)47-4)30-19-27(38(46)40-13-15-42)20-33(36(30)45)50-37-29(39)17-25(21-43)18-34(37)48-5/h6-9,17-18,20,23-24,28,30,32-33,36,42-43,45H,10-16,19,21-22H2,1-5H3,(H,40,46)/t24-,28+,30+,32-,33-,36-/m0/s1. The van der Waals surface area contributed by atoms with E-state index in [9.17, 15) is 24.9 Å². The molecule has 1 fully saturated rings. The molecule has 6 atom stereocenters. The van der Waals surface area contributed by atoms with Gasteiger partial charge in [0.25, 0.3) is 0 Å². The lowest BCUT2D eigenvalue weighted by molar-refractivity contribution is -0.148. The third-order valence-electron chi connectivity index (χ3n) is 9.86. The molecule has 2 amide bonds. The summed E-state index contributed by atoms with van der Waals surface area (Å²) < 4.78 is 24.6.